The number of halogens is 1. The number of nitrogens with zero attached hydrogens (tertiary/aromatic N) is 2. The van der Waals surface area contributed by atoms with Gasteiger partial charge in [0.05, 0.1) is 10.6 Å². The summed E-state index contributed by atoms with van der Waals surface area (Å²) in [6, 6.07) is 18.6. The number of piperidine rings is 1. The molecule has 2 aliphatic heterocycles. The molecule has 0 saturated carbocycles. The second-order valence-electron chi connectivity index (χ2n) is 7.84. The van der Waals surface area contributed by atoms with Gasteiger partial charge in [0.25, 0.3) is 0 Å². The lowest BCUT2D eigenvalue weighted by atomic mass is 10.0. The van der Waals surface area contributed by atoms with Crippen LogP contribution in [0.15, 0.2) is 70.0 Å². The summed E-state index contributed by atoms with van der Waals surface area (Å²) in [7, 11) is -3.59. The third kappa shape index (κ3) is 3.73. The number of carbonyl (C=O) groups excluding carboxylic acids is 1. The highest BCUT2D eigenvalue weighted by Crippen LogP contribution is 2.34. The van der Waals surface area contributed by atoms with Crippen LogP contribution in [0.5, 0.6) is 0 Å². The Morgan fingerprint density at radius 2 is 1.68 bits per heavy atom. The Hall–Kier alpha value is -2.42. The van der Waals surface area contributed by atoms with Gasteiger partial charge in [-0.1, -0.05) is 46.3 Å². The molecule has 0 radical (unpaired) electrons. The highest BCUT2D eigenvalue weighted by Gasteiger charge is 2.37. The Bertz CT molecular complexity index is 1270. The van der Waals surface area contributed by atoms with E-state index in [2.05, 4.69) is 15.9 Å². The predicted molar refractivity (Wildman–Crippen MR) is 123 cm³/mol. The molecule has 160 valence electrons. The molecule has 0 bridgehead atoms. The number of hydrogen-bond acceptors (Lipinski definition) is 4. The third-order valence-electron chi connectivity index (χ3n) is 6.00. The van der Waals surface area contributed by atoms with Gasteiger partial charge in [0.15, 0.2) is 0 Å². The number of hydrogen-bond donors (Lipinski definition) is 0. The SMILES string of the molecule is O=C1OCc2cc(Br)ccc2N1C1CCN(S(=O)(=O)c2ccc3ccccc3c2)CC1. The molecule has 2 aliphatic rings. The Morgan fingerprint density at radius 1 is 0.935 bits per heavy atom. The van der Waals surface area contributed by atoms with Crippen LogP contribution in [0.1, 0.15) is 18.4 Å². The van der Waals surface area contributed by atoms with Crippen molar-refractivity contribution in [3.8, 4) is 0 Å². The second-order valence-corrected chi connectivity index (χ2v) is 10.7. The molecule has 6 nitrogen and oxygen atoms in total. The number of sulfonamides is 1. The van der Waals surface area contributed by atoms with Crippen molar-refractivity contribution in [2.45, 2.75) is 30.4 Å². The fraction of sp³-hybridized carbons (Fsp3) is 0.261. The Kier molecular flexibility index (Phi) is 5.24. The standard InChI is InChI=1S/C23H21BrN2O4S/c24-19-6-8-22-18(13-19)15-30-23(27)26(22)20-9-11-25(12-10-20)31(28,29)21-7-5-16-3-1-2-4-17(16)14-21/h1-8,13-14,20H,9-12,15H2. The summed E-state index contributed by atoms with van der Waals surface area (Å²) in [4.78, 5) is 14.5. The van der Waals surface area contributed by atoms with Gasteiger partial charge in [0.2, 0.25) is 10.0 Å². The minimum Gasteiger partial charge on any atom is -0.444 e. The van der Waals surface area contributed by atoms with Gasteiger partial charge in [-0.25, -0.2) is 13.2 Å². The van der Waals surface area contributed by atoms with E-state index in [1.165, 1.54) is 4.31 Å². The summed E-state index contributed by atoms with van der Waals surface area (Å²) >= 11 is 3.46. The van der Waals surface area contributed by atoms with E-state index >= 15 is 0 Å². The molecule has 5 rings (SSSR count). The van der Waals surface area contributed by atoms with Crippen molar-refractivity contribution in [3.05, 3.63) is 70.7 Å². The zero-order valence-corrected chi connectivity index (χ0v) is 19.1. The molecule has 31 heavy (non-hydrogen) atoms. The molecule has 0 spiro atoms. The van der Waals surface area contributed by atoms with Gasteiger partial charge >= 0.3 is 6.09 Å². The summed E-state index contributed by atoms with van der Waals surface area (Å²) in [6.45, 7) is 0.963. The zero-order valence-electron chi connectivity index (χ0n) is 16.7. The molecular weight excluding hydrogens is 480 g/mol. The van der Waals surface area contributed by atoms with Gasteiger partial charge in [0, 0.05) is 29.2 Å². The maximum atomic E-state index is 13.2. The minimum atomic E-state index is -3.59. The van der Waals surface area contributed by atoms with Crippen molar-refractivity contribution < 1.29 is 17.9 Å². The summed E-state index contributed by atoms with van der Waals surface area (Å²) in [6.07, 6.45) is 0.736. The second kappa shape index (κ2) is 7.93. The monoisotopic (exact) mass is 500 g/mol. The van der Waals surface area contributed by atoms with E-state index in [1.54, 1.807) is 17.0 Å². The van der Waals surface area contributed by atoms with E-state index in [0.717, 1.165) is 26.5 Å². The molecule has 1 saturated heterocycles. The van der Waals surface area contributed by atoms with Crippen LogP contribution in [0.25, 0.3) is 10.8 Å². The van der Waals surface area contributed by atoms with E-state index in [9.17, 15) is 13.2 Å². The summed E-state index contributed by atoms with van der Waals surface area (Å²) in [5.41, 5.74) is 1.79. The molecule has 0 aromatic heterocycles. The Labute approximate surface area is 189 Å². The molecule has 0 unspecified atom stereocenters. The first-order valence-corrected chi connectivity index (χ1v) is 12.4. The van der Waals surface area contributed by atoms with Gasteiger partial charge in [-0.15, -0.1) is 0 Å². The van der Waals surface area contributed by atoms with Crippen molar-refractivity contribution in [1.29, 1.82) is 0 Å². The summed E-state index contributed by atoms with van der Waals surface area (Å²) in [5.74, 6) is 0. The first kappa shape index (κ1) is 20.5. The normalized spacial score (nSPS) is 18.1. The highest BCUT2D eigenvalue weighted by molar-refractivity contribution is 9.10. The van der Waals surface area contributed by atoms with E-state index in [0.29, 0.717) is 30.8 Å². The number of carbonyl (C=O) groups is 1. The minimum absolute atomic E-state index is 0.101. The number of rotatable bonds is 3. The first-order chi connectivity index (χ1) is 14.9. The lowest BCUT2D eigenvalue weighted by Crippen LogP contribution is -2.50. The number of fused-ring (bicyclic) bond motifs is 2. The fourth-order valence-corrected chi connectivity index (χ4v) is 6.29. The van der Waals surface area contributed by atoms with Crippen LogP contribution in [-0.2, 0) is 21.4 Å². The average molecular weight is 501 g/mol. The van der Waals surface area contributed by atoms with Gasteiger partial charge in [0.1, 0.15) is 6.61 Å². The van der Waals surface area contributed by atoms with Crippen molar-refractivity contribution in [3.63, 3.8) is 0 Å². The maximum Gasteiger partial charge on any atom is 0.414 e. The summed E-state index contributed by atoms with van der Waals surface area (Å²) in [5, 5.41) is 1.91. The highest BCUT2D eigenvalue weighted by atomic mass is 79.9. The maximum absolute atomic E-state index is 13.2. The van der Waals surface area contributed by atoms with Crippen molar-refractivity contribution in [1.82, 2.24) is 4.31 Å². The van der Waals surface area contributed by atoms with Crippen molar-refractivity contribution >= 4 is 48.5 Å². The Balaban J connectivity index is 1.36. The molecule has 3 aromatic carbocycles. The van der Waals surface area contributed by atoms with Crippen LogP contribution in [0, 0.1) is 0 Å². The fourth-order valence-electron chi connectivity index (χ4n) is 4.38. The topological polar surface area (TPSA) is 66.9 Å². The number of ether oxygens (including phenoxy) is 1. The Morgan fingerprint density at radius 3 is 2.45 bits per heavy atom. The molecule has 1 amide bonds. The van der Waals surface area contributed by atoms with Gasteiger partial charge in [-0.05, 0) is 53.9 Å². The molecule has 2 heterocycles. The van der Waals surface area contributed by atoms with Gasteiger partial charge in [-0.3, -0.25) is 4.90 Å². The number of benzene rings is 3. The van der Waals surface area contributed by atoms with Crippen LogP contribution in [0.2, 0.25) is 0 Å². The lowest BCUT2D eigenvalue weighted by molar-refractivity contribution is 0.135. The lowest BCUT2D eigenvalue weighted by Gasteiger charge is -2.39. The van der Waals surface area contributed by atoms with Crippen LogP contribution in [0.3, 0.4) is 0 Å². The van der Waals surface area contributed by atoms with E-state index < -0.39 is 10.0 Å². The predicted octanol–water partition coefficient (Wildman–Crippen LogP) is 4.91. The molecular formula is C23H21BrN2O4S. The quantitative estimate of drug-likeness (QED) is 0.512. The molecule has 1 fully saturated rings. The van der Waals surface area contributed by atoms with Gasteiger partial charge in [-0.2, -0.15) is 4.31 Å². The zero-order chi connectivity index (χ0) is 21.6. The van der Waals surface area contributed by atoms with Crippen molar-refractivity contribution in [2.24, 2.45) is 0 Å². The van der Waals surface area contributed by atoms with Crippen LogP contribution in [-0.4, -0.2) is 37.9 Å². The van der Waals surface area contributed by atoms with Crippen molar-refractivity contribution in [2.75, 3.05) is 18.0 Å². The summed E-state index contributed by atoms with van der Waals surface area (Å²) < 4.78 is 34.3. The average Bonchev–Trinajstić information content (AvgIpc) is 2.79. The van der Waals surface area contributed by atoms with E-state index in [4.69, 9.17) is 4.74 Å². The molecule has 3 aromatic rings. The smallest absolute Gasteiger partial charge is 0.414 e. The third-order valence-corrected chi connectivity index (χ3v) is 8.38. The molecule has 0 aliphatic carbocycles. The number of cyclic esters (lactones) is 1. The molecule has 0 atom stereocenters. The molecule has 8 heteroatoms. The largest absolute Gasteiger partial charge is 0.444 e. The van der Waals surface area contributed by atoms with Crippen LogP contribution >= 0.6 is 15.9 Å². The first-order valence-electron chi connectivity index (χ1n) is 10.2. The van der Waals surface area contributed by atoms with E-state index in [1.807, 2.05) is 48.5 Å². The van der Waals surface area contributed by atoms with E-state index in [-0.39, 0.29) is 18.7 Å². The van der Waals surface area contributed by atoms with Crippen LogP contribution < -0.4 is 4.90 Å². The van der Waals surface area contributed by atoms with Gasteiger partial charge < -0.3 is 4.74 Å². The molecule has 0 N–H and O–H groups in total. The number of anilines is 1. The van der Waals surface area contributed by atoms with Crippen LogP contribution in [0.4, 0.5) is 10.5 Å². The number of amides is 1.